The molecule has 1 aliphatic heterocycles. The van der Waals surface area contributed by atoms with Gasteiger partial charge in [-0.2, -0.15) is 0 Å². The van der Waals surface area contributed by atoms with Gasteiger partial charge in [-0.3, -0.25) is 0 Å². The molecule has 1 aliphatic rings. The van der Waals surface area contributed by atoms with Crippen LogP contribution in [-0.2, 0) is 4.74 Å². The van der Waals surface area contributed by atoms with Gasteiger partial charge in [-0.25, -0.2) is 0 Å². The normalized spacial score (nSPS) is 31.6. The van der Waals surface area contributed by atoms with Gasteiger partial charge in [0, 0.05) is 12.6 Å². The Morgan fingerprint density at radius 1 is 1.46 bits per heavy atom. The van der Waals surface area contributed by atoms with E-state index < -0.39 is 0 Å². The zero-order valence-corrected chi connectivity index (χ0v) is 9.01. The van der Waals surface area contributed by atoms with Crippen LogP contribution < -0.4 is 5.73 Å². The molecule has 1 rings (SSSR count). The second kappa shape index (κ2) is 4.97. The quantitative estimate of drug-likeness (QED) is 0.730. The smallest absolute Gasteiger partial charge is 0.0804 e. The Balaban J connectivity index is 2.37. The second-order valence-corrected chi connectivity index (χ2v) is 4.37. The molecule has 13 heavy (non-hydrogen) atoms. The van der Waals surface area contributed by atoms with Crippen LogP contribution in [0.4, 0.5) is 0 Å². The maximum absolute atomic E-state index is 6.14. The molecule has 0 aromatic heterocycles. The highest BCUT2D eigenvalue weighted by molar-refractivity contribution is 4.88. The molecule has 0 saturated carbocycles. The fourth-order valence-corrected chi connectivity index (χ4v) is 1.98. The van der Waals surface area contributed by atoms with Crippen LogP contribution in [0.1, 0.15) is 52.4 Å². The highest BCUT2D eigenvalue weighted by Crippen LogP contribution is 2.28. The number of unbranched alkanes of at least 4 members (excludes halogenated alkanes) is 1. The summed E-state index contributed by atoms with van der Waals surface area (Å²) in [6.07, 6.45) is 7.17. The molecule has 2 heteroatoms. The molecule has 2 nitrogen and oxygen atoms in total. The highest BCUT2D eigenvalue weighted by Gasteiger charge is 2.33. The minimum atomic E-state index is -0.0343. The predicted octanol–water partition coefficient (Wildman–Crippen LogP) is 2.46. The predicted molar refractivity (Wildman–Crippen MR) is 55.7 cm³/mol. The average molecular weight is 185 g/mol. The summed E-state index contributed by atoms with van der Waals surface area (Å²) in [6, 6.07) is 0.229. The van der Waals surface area contributed by atoms with Gasteiger partial charge < -0.3 is 10.5 Å². The van der Waals surface area contributed by atoms with Crippen LogP contribution in [0.5, 0.6) is 0 Å². The lowest BCUT2D eigenvalue weighted by molar-refractivity contribution is -0.0826. The summed E-state index contributed by atoms with van der Waals surface area (Å²) in [5.41, 5.74) is 6.11. The summed E-state index contributed by atoms with van der Waals surface area (Å²) in [5.74, 6) is 0. The van der Waals surface area contributed by atoms with Crippen molar-refractivity contribution >= 4 is 0 Å². The fraction of sp³-hybridized carbons (Fsp3) is 1.00. The van der Waals surface area contributed by atoms with E-state index in [2.05, 4.69) is 13.8 Å². The van der Waals surface area contributed by atoms with E-state index in [1.165, 1.54) is 25.7 Å². The zero-order chi connectivity index (χ0) is 9.73. The minimum Gasteiger partial charge on any atom is -0.374 e. The topological polar surface area (TPSA) is 35.2 Å². The van der Waals surface area contributed by atoms with E-state index >= 15 is 0 Å². The Bertz CT molecular complexity index is 141. The summed E-state index contributed by atoms with van der Waals surface area (Å²) in [6.45, 7) is 5.28. The summed E-state index contributed by atoms with van der Waals surface area (Å²) < 4.78 is 5.80. The van der Waals surface area contributed by atoms with Crippen LogP contribution in [0.3, 0.4) is 0 Å². The molecule has 2 unspecified atom stereocenters. The van der Waals surface area contributed by atoms with Crippen LogP contribution >= 0.6 is 0 Å². The standard InChI is InChI=1S/C11H23NO/c1-3-4-7-10(12)11(2)8-5-6-9-13-11/h10H,3-9,12H2,1-2H3. The van der Waals surface area contributed by atoms with Crippen LogP contribution in [0, 0.1) is 0 Å². The molecule has 1 fully saturated rings. The average Bonchev–Trinajstić information content (AvgIpc) is 2.15. The van der Waals surface area contributed by atoms with Gasteiger partial charge in [-0.05, 0) is 32.6 Å². The van der Waals surface area contributed by atoms with E-state index in [0.29, 0.717) is 0 Å². The van der Waals surface area contributed by atoms with Gasteiger partial charge in [0.25, 0.3) is 0 Å². The van der Waals surface area contributed by atoms with Gasteiger partial charge >= 0.3 is 0 Å². The number of rotatable bonds is 4. The summed E-state index contributed by atoms with van der Waals surface area (Å²) in [7, 11) is 0. The van der Waals surface area contributed by atoms with Crippen molar-refractivity contribution in [2.45, 2.75) is 64.0 Å². The lowest BCUT2D eigenvalue weighted by Gasteiger charge is -2.38. The first-order valence-electron chi connectivity index (χ1n) is 5.58. The third-order valence-corrected chi connectivity index (χ3v) is 3.15. The molecular weight excluding hydrogens is 162 g/mol. The van der Waals surface area contributed by atoms with Gasteiger partial charge in [0.2, 0.25) is 0 Å². The van der Waals surface area contributed by atoms with Crippen LogP contribution in [-0.4, -0.2) is 18.2 Å². The lowest BCUT2D eigenvalue weighted by atomic mass is 9.86. The molecule has 1 saturated heterocycles. The van der Waals surface area contributed by atoms with Crippen molar-refractivity contribution in [1.29, 1.82) is 0 Å². The van der Waals surface area contributed by atoms with Crippen LogP contribution in [0.15, 0.2) is 0 Å². The highest BCUT2D eigenvalue weighted by atomic mass is 16.5. The zero-order valence-electron chi connectivity index (χ0n) is 9.01. The lowest BCUT2D eigenvalue weighted by Crippen LogP contribution is -2.49. The summed E-state index contributed by atoms with van der Waals surface area (Å²) >= 11 is 0. The monoisotopic (exact) mass is 185 g/mol. The Morgan fingerprint density at radius 3 is 2.77 bits per heavy atom. The molecule has 2 atom stereocenters. The Kier molecular flexibility index (Phi) is 4.20. The number of ether oxygens (including phenoxy) is 1. The maximum Gasteiger partial charge on any atom is 0.0804 e. The number of hydrogen-bond donors (Lipinski definition) is 1. The molecule has 0 bridgehead atoms. The Hall–Kier alpha value is -0.0800. The molecule has 0 aromatic rings. The maximum atomic E-state index is 6.14. The van der Waals surface area contributed by atoms with Gasteiger partial charge in [-0.15, -0.1) is 0 Å². The van der Waals surface area contributed by atoms with Gasteiger partial charge in [0.05, 0.1) is 5.60 Å². The van der Waals surface area contributed by atoms with Gasteiger partial charge in [0.15, 0.2) is 0 Å². The van der Waals surface area contributed by atoms with Crippen molar-refractivity contribution in [2.75, 3.05) is 6.61 Å². The van der Waals surface area contributed by atoms with E-state index in [4.69, 9.17) is 10.5 Å². The largest absolute Gasteiger partial charge is 0.374 e. The molecule has 0 amide bonds. The fourth-order valence-electron chi connectivity index (χ4n) is 1.98. The molecule has 2 N–H and O–H groups in total. The Labute approximate surface area is 81.8 Å². The molecule has 0 radical (unpaired) electrons. The van der Waals surface area contributed by atoms with Crippen molar-refractivity contribution in [2.24, 2.45) is 5.73 Å². The number of nitrogens with two attached hydrogens (primary N) is 1. The van der Waals surface area contributed by atoms with Crippen LogP contribution in [0.25, 0.3) is 0 Å². The third-order valence-electron chi connectivity index (χ3n) is 3.15. The summed E-state index contributed by atoms with van der Waals surface area (Å²) in [4.78, 5) is 0. The van der Waals surface area contributed by atoms with Crippen molar-refractivity contribution in [1.82, 2.24) is 0 Å². The van der Waals surface area contributed by atoms with Crippen molar-refractivity contribution < 1.29 is 4.74 Å². The van der Waals surface area contributed by atoms with Crippen molar-refractivity contribution in [3.63, 3.8) is 0 Å². The van der Waals surface area contributed by atoms with E-state index in [-0.39, 0.29) is 11.6 Å². The van der Waals surface area contributed by atoms with E-state index in [9.17, 15) is 0 Å². The molecular formula is C11H23NO. The van der Waals surface area contributed by atoms with Crippen molar-refractivity contribution in [3.8, 4) is 0 Å². The van der Waals surface area contributed by atoms with E-state index in [1.54, 1.807) is 0 Å². The van der Waals surface area contributed by atoms with Gasteiger partial charge in [0.1, 0.15) is 0 Å². The first-order chi connectivity index (χ1) is 6.19. The van der Waals surface area contributed by atoms with Gasteiger partial charge in [-0.1, -0.05) is 19.8 Å². The first kappa shape index (κ1) is 11.0. The van der Waals surface area contributed by atoms with E-state index in [0.717, 1.165) is 19.4 Å². The van der Waals surface area contributed by atoms with Crippen molar-refractivity contribution in [3.05, 3.63) is 0 Å². The second-order valence-electron chi connectivity index (χ2n) is 4.37. The number of hydrogen-bond acceptors (Lipinski definition) is 2. The molecule has 0 spiro atoms. The third kappa shape index (κ3) is 2.96. The SMILES string of the molecule is CCCCC(N)C1(C)CCCCO1. The molecule has 78 valence electrons. The first-order valence-corrected chi connectivity index (χ1v) is 5.58. The molecule has 0 aromatic carbocycles. The molecule has 1 heterocycles. The Morgan fingerprint density at radius 2 is 2.23 bits per heavy atom. The van der Waals surface area contributed by atoms with Crippen LogP contribution in [0.2, 0.25) is 0 Å². The summed E-state index contributed by atoms with van der Waals surface area (Å²) in [5, 5.41) is 0. The molecule has 0 aliphatic carbocycles. The minimum absolute atomic E-state index is 0.0343. The van der Waals surface area contributed by atoms with E-state index in [1.807, 2.05) is 0 Å².